The third-order valence-corrected chi connectivity index (χ3v) is 11.5. The van der Waals surface area contributed by atoms with Gasteiger partial charge in [0.1, 0.15) is 39.7 Å². The molecular formula is C44H39N11O2S2. The Morgan fingerprint density at radius 2 is 1.22 bits per heavy atom. The van der Waals surface area contributed by atoms with Gasteiger partial charge < -0.3 is 31.0 Å². The molecule has 59 heavy (non-hydrogen) atoms. The smallest absolute Gasteiger partial charge is 0.224 e. The molecule has 15 heteroatoms. The van der Waals surface area contributed by atoms with Crippen LogP contribution < -0.4 is 16.8 Å². The summed E-state index contributed by atoms with van der Waals surface area (Å²) >= 11 is 3.13. The van der Waals surface area contributed by atoms with E-state index in [1.54, 1.807) is 41.9 Å². The van der Waals surface area contributed by atoms with Gasteiger partial charge in [0.25, 0.3) is 0 Å². The van der Waals surface area contributed by atoms with Crippen molar-refractivity contribution >= 4 is 60.6 Å². The number of nitrogens with zero attached hydrogens (tertiary/aromatic N) is 8. The van der Waals surface area contributed by atoms with Gasteiger partial charge in [-0.05, 0) is 36.8 Å². The first kappa shape index (κ1) is 38.6. The molecule has 6 aromatic heterocycles. The van der Waals surface area contributed by atoms with Crippen molar-refractivity contribution < 1.29 is 9.90 Å². The van der Waals surface area contributed by atoms with E-state index in [2.05, 4.69) is 53.5 Å². The highest BCUT2D eigenvalue weighted by atomic mass is 32.1. The van der Waals surface area contributed by atoms with E-state index in [1.165, 1.54) is 24.0 Å². The van der Waals surface area contributed by atoms with Crippen LogP contribution >= 0.6 is 22.7 Å². The zero-order chi connectivity index (χ0) is 40.9. The van der Waals surface area contributed by atoms with Crippen molar-refractivity contribution in [2.24, 2.45) is 0 Å². The Labute approximate surface area is 347 Å². The summed E-state index contributed by atoms with van der Waals surface area (Å²) in [7, 11) is 0. The number of aromatic hydroxyl groups is 1. The van der Waals surface area contributed by atoms with Gasteiger partial charge in [-0.25, -0.2) is 29.9 Å². The lowest BCUT2D eigenvalue weighted by Gasteiger charge is -2.10. The van der Waals surface area contributed by atoms with Crippen LogP contribution in [0.25, 0.3) is 64.1 Å². The van der Waals surface area contributed by atoms with Crippen molar-refractivity contribution in [3.63, 3.8) is 0 Å². The molecular weight excluding hydrogens is 779 g/mol. The highest BCUT2D eigenvalue weighted by molar-refractivity contribution is 7.22. The number of imidazole rings is 2. The second-order valence-corrected chi connectivity index (χ2v) is 15.8. The molecule has 1 amide bonds. The van der Waals surface area contributed by atoms with Gasteiger partial charge >= 0.3 is 0 Å². The minimum Gasteiger partial charge on any atom is -0.508 e. The topological polar surface area (TPSA) is 189 Å². The standard InChI is InChI=1S/C25H22N6O2S.C19H17N5S/c26-24-19-13-20(34-25(19)29-14-28-24)23-22(17-4-2-1-3-5-17)30-15-31(23)11-10-27-21(33)12-16-6-8-18(32)9-7-16;1-12(2)9-24-11-23-16(13-6-4-3-5-7-13)17(24)15-8-14-18(20)21-10-22-19(14)25-15/h1-9,13-15,32H,10-12H2,(H,27,33)(H2,26,28,29);3-8,10-11H,1,9H2,2H3,(H2,20,21,22). The molecule has 0 unspecified atom stereocenters. The Kier molecular flexibility index (Phi) is 11.2. The van der Waals surface area contributed by atoms with Crippen LogP contribution in [0.3, 0.4) is 0 Å². The number of hydrogen-bond acceptors (Lipinski definition) is 12. The summed E-state index contributed by atoms with van der Waals surface area (Å²) in [6.45, 7) is 7.76. The second-order valence-electron chi connectivity index (χ2n) is 13.8. The fourth-order valence-corrected chi connectivity index (χ4v) is 8.77. The van der Waals surface area contributed by atoms with E-state index in [4.69, 9.17) is 16.5 Å². The van der Waals surface area contributed by atoms with Crippen molar-refractivity contribution in [3.8, 4) is 49.4 Å². The molecule has 0 atom stereocenters. The molecule has 0 bridgehead atoms. The zero-order valence-electron chi connectivity index (χ0n) is 32.0. The van der Waals surface area contributed by atoms with Crippen LogP contribution in [0.5, 0.6) is 5.75 Å². The van der Waals surface area contributed by atoms with Crippen molar-refractivity contribution in [3.05, 3.63) is 140 Å². The molecule has 0 radical (unpaired) electrons. The number of nitrogens with two attached hydrogens (primary N) is 2. The quantitative estimate of drug-likeness (QED) is 0.0926. The van der Waals surface area contributed by atoms with Gasteiger partial charge in [-0.2, -0.15) is 0 Å². The number of rotatable bonds is 11. The van der Waals surface area contributed by atoms with E-state index in [9.17, 15) is 9.90 Å². The first-order valence-electron chi connectivity index (χ1n) is 18.6. The number of thiophene rings is 2. The minimum atomic E-state index is -0.0828. The van der Waals surface area contributed by atoms with E-state index >= 15 is 0 Å². The number of carbonyl (C=O) groups excluding carboxylic acids is 1. The van der Waals surface area contributed by atoms with Gasteiger partial charge in [-0.1, -0.05) is 84.9 Å². The number of hydrogen-bond donors (Lipinski definition) is 4. The predicted molar refractivity (Wildman–Crippen MR) is 237 cm³/mol. The van der Waals surface area contributed by atoms with Crippen LogP contribution in [0.15, 0.2) is 135 Å². The Balaban J connectivity index is 0.000000172. The number of nitrogens with one attached hydrogen (secondary N) is 1. The van der Waals surface area contributed by atoms with Gasteiger partial charge in [0.05, 0.1) is 62.4 Å². The Hall–Kier alpha value is -7.23. The summed E-state index contributed by atoms with van der Waals surface area (Å²) < 4.78 is 4.16. The Morgan fingerprint density at radius 1 is 0.712 bits per heavy atom. The Bertz CT molecular complexity index is 2900. The molecule has 6 heterocycles. The number of aromatic nitrogens is 8. The zero-order valence-corrected chi connectivity index (χ0v) is 33.6. The van der Waals surface area contributed by atoms with E-state index < -0.39 is 0 Å². The Morgan fingerprint density at radius 3 is 1.73 bits per heavy atom. The number of phenolic OH excluding ortho intramolecular Hbond substituents is 1. The number of carbonyl (C=O) groups is 1. The molecule has 9 aromatic rings. The van der Waals surface area contributed by atoms with Crippen molar-refractivity contribution in [1.82, 2.24) is 44.4 Å². The number of nitrogen functional groups attached to an aromatic ring is 2. The largest absolute Gasteiger partial charge is 0.508 e. The maximum Gasteiger partial charge on any atom is 0.224 e. The van der Waals surface area contributed by atoms with Gasteiger partial charge in [0.15, 0.2) is 0 Å². The average Bonchev–Trinajstić information content (AvgIpc) is 4.05. The molecule has 294 valence electrons. The number of benzene rings is 3. The number of amides is 1. The molecule has 0 spiro atoms. The first-order valence-corrected chi connectivity index (χ1v) is 20.3. The SMILES string of the molecule is C=C(C)Cn1cnc(-c2ccccc2)c1-c1cc2c(N)ncnc2s1.Nc1ncnc2sc(-c3c(-c4ccccc4)ncn3CCNC(=O)Cc3ccc(O)cc3)cc12. The molecule has 0 saturated carbocycles. The van der Waals surface area contributed by atoms with Crippen LogP contribution in [0.1, 0.15) is 12.5 Å². The molecule has 0 aliphatic carbocycles. The van der Waals surface area contributed by atoms with E-state index in [1.807, 2.05) is 78.5 Å². The summed E-state index contributed by atoms with van der Waals surface area (Å²) in [6, 6.07) is 30.8. The lowest BCUT2D eigenvalue weighted by Crippen LogP contribution is -2.28. The van der Waals surface area contributed by atoms with Crippen molar-refractivity contribution in [2.75, 3.05) is 18.0 Å². The molecule has 0 fully saturated rings. The van der Waals surface area contributed by atoms with E-state index in [0.29, 0.717) is 31.3 Å². The molecule has 0 aliphatic heterocycles. The molecule has 6 N–H and O–H groups in total. The average molecular weight is 818 g/mol. The van der Waals surface area contributed by atoms with Crippen molar-refractivity contribution in [1.29, 1.82) is 0 Å². The fraction of sp³-hybridized carbons (Fsp3) is 0.114. The normalized spacial score (nSPS) is 11.1. The third kappa shape index (κ3) is 8.56. The van der Waals surface area contributed by atoms with E-state index in [-0.39, 0.29) is 18.1 Å². The summed E-state index contributed by atoms with van der Waals surface area (Å²) in [5.74, 6) is 1.04. The van der Waals surface area contributed by atoms with Crippen LogP contribution in [0.2, 0.25) is 0 Å². The fourth-order valence-electron chi connectivity index (χ4n) is 6.63. The maximum atomic E-state index is 12.4. The lowest BCUT2D eigenvalue weighted by molar-refractivity contribution is -0.120. The number of anilines is 2. The lowest BCUT2D eigenvalue weighted by atomic mass is 10.1. The molecule has 0 aliphatic rings. The highest BCUT2D eigenvalue weighted by Crippen LogP contribution is 2.40. The summed E-state index contributed by atoms with van der Waals surface area (Å²) in [6.07, 6.45) is 6.88. The molecule has 13 nitrogen and oxygen atoms in total. The molecule has 9 rings (SSSR count). The van der Waals surface area contributed by atoms with Crippen LogP contribution in [-0.4, -0.2) is 56.6 Å². The monoisotopic (exact) mass is 817 g/mol. The van der Waals surface area contributed by atoms with Crippen LogP contribution in [0, 0.1) is 0 Å². The van der Waals surface area contributed by atoms with Crippen LogP contribution in [-0.2, 0) is 24.3 Å². The molecule has 0 saturated heterocycles. The third-order valence-electron chi connectivity index (χ3n) is 9.37. The van der Waals surface area contributed by atoms with Crippen molar-refractivity contribution in [2.45, 2.75) is 26.4 Å². The van der Waals surface area contributed by atoms with Crippen LogP contribution in [0.4, 0.5) is 11.6 Å². The van der Waals surface area contributed by atoms with Gasteiger partial charge in [-0.15, -0.1) is 22.7 Å². The first-order chi connectivity index (χ1) is 28.7. The highest BCUT2D eigenvalue weighted by Gasteiger charge is 2.20. The van der Waals surface area contributed by atoms with Gasteiger partial charge in [0.2, 0.25) is 5.91 Å². The summed E-state index contributed by atoms with van der Waals surface area (Å²) in [5.41, 5.74) is 19.9. The number of phenols is 1. The second kappa shape index (κ2) is 17.1. The molecule has 3 aromatic carbocycles. The number of allylic oxidation sites excluding steroid dienone is 1. The minimum absolute atomic E-state index is 0.0828. The summed E-state index contributed by atoms with van der Waals surface area (Å²) in [5, 5.41) is 14.1. The van der Waals surface area contributed by atoms with Gasteiger partial charge in [0, 0.05) is 30.8 Å². The van der Waals surface area contributed by atoms with E-state index in [0.717, 1.165) is 75.2 Å². The summed E-state index contributed by atoms with van der Waals surface area (Å²) in [4.78, 5) is 42.4. The number of fused-ring (bicyclic) bond motifs is 2. The maximum absolute atomic E-state index is 12.4. The predicted octanol–water partition coefficient (Wildman–Crippen LogP) is 8.25. The van der Waals surface area contributed by atoms with Gasteiger partial charge in [-0.3, -0.25) is 4.79 Å².